The summed E-state index contributed by atoms with van der Waals surface area (Å²) >= 11 is 0. The Labute approximate surface area is 171 Å². The van der Waals surface area contributed by atoms with E-state index in [4.69, 9.17) is 0 Å². The minimum Gasteiger partial charge on any atom is -0.379 e. The van der Waals surface area contributed by atoms with Crippen LogP contribution in [0.3, 0.4) is 0 Å². The summed E-state index contributed by atoms with van der Waals surface area (Å²) in [5.41, 5.74) is 9.48. The molecule has 0 saturated heterocycles. The second-order valence-corrected chi connectivity index (χ2v) is 7.74. The average Bonchev–Trinajstić information content (AvgIpc) is 2.96. The SMILES string of the molecule is Cc1ccc(C)c(Cn2c(C)c(C)c3ccnc(CNc4ccc(F)cc4)c32)c1. The fourth-order valence-electron chi connectivity index (χ4n) is 3.89. The molecule has 0 spiro atoms. The number of halogens is 1. The predicted octanol–water partition coefficient (Wildman–Crippen LogP) is 6.07. The molecule has 2 aromatic heterocycles. The number of benzene rings is 2. The quantitative estimate of drug-likeness (QED) is 0.450. The summed E-state index contributed by atoms with van der Waals surface area (Å²) in [5.74, 6) is -0.232. The van der Waals surface area contributed by atoms with Gasteiger partial charge in [0.15, 0.2) is 0 Å². The Kier molecular flexibility index (Phi) is 5.10. The molecule has 0 amide bonds. The van der Waals surface area contributed by atoms with Gasteiger partial charge >= 0.3 is 0 Å². The second kappa shape index (κ2) is 7.70. The van der Waals surface area contributed by atoms with E-state index in [0.29, 0.717) is 6.54 Å². The highest BCUT2D eigenvalue weighted by Crippen LogP contribution is 2.29. The van der Waals surface area contributed by atoms with Gasteiger partial charge in [0.2, 0.25) is 0 Å². The molecule has 2 heterocycles. The van der Waals surface area contributed by atoms with Gasteiger partial charge in [0.1, 0.15) is 5.82 Å². The van der Waals surface area contributed by atoms with Gasteiger partial charge in [-0.05, 0) is 74.7 Å². The lowest BCUT2D eigenvalue weighted by atomic mass is 10.1. The third-order valence-corrected chi connectivity index (χ3v) is 5.76. The highest BCUT2D eigenvalue weighted by molar-refractivity contribution is 5.87. The van der Waals surface area contributed by atoms with Crippen molar-refractivity contribution in [1.29, 1.82) is 0 Å². The molecule has 4 rings (SSSR count). The predicted molar refractivity (Wildman–Crippen MR) is 118 cm³/mol. The number of rotatable bonds is 5. The molecular formula is C25H26FN3. The average molecular weight is 388 g/mol. The smallest absolute Gasteiger partial charge is 0.123 e. The fraction of sp³-hybridized carbons (Fsp3) is 0.240. The van der Waals surface area contributed by atoms with Gasteiger partial charge in [0.05, 0.1) is 17.8 Å². The van der Waals surface area contributed by atoms with Gasteiger partial charge in [0, 0.05) is 29.5 Å². The first-order valence-corrected chi connectivity index (χ1v) is 9.93. The molecule has 0 aliphatic heterocycles. The summed E-state index contributed by atoms with van der Waals surface area (Å²) in [6, 6.07) is 15.1. The largest absolute Gasteiger partial charge is 0.379 e. The van der Waals surface area contributed by atoms with Crippen molar-refractivity contribution in [2.75, 3.05) is 5.32 Å². The van der Waals surface area contributed by atoms with Crippen LogP contribution in [0.15, 0.2) is 54.7 Å². The van der Waals surface area contributed by atoms with E-state index in [0.717, 1.165) is 23.4 Å². The monoisotopic (exact) mass is 387 g/mol. The van der Waals surface area contributed by atoms with Crippen molar-refractivity contribution >= 4 is 16.6 Å². The molecule has 0 atom stereocenters. The molecule has 4 aromatic rings. The van der Waals surface area contributed by atoms with Crippen molar-refractivity contribution in [2.24, 2.45) is 0 Å². The van der Waals surface area contributed by atoms with Gasteiger partial charge in [0.25, 0.3) is 0 Å². The van der Waals surface area contributed by atoms with E-state index in [-0.39, 0.29) is 5.82 Å². The summed E-state index contributed by atoms with van der Waals surface area (Å²) in [5, 5.41) is 4.61. The Morgan fingerprint density at radius 3 is 2.48 bits per heavy atom. The first-order chi connectivity index (χ1) is 13.9. The van der Waals surface area contributed by atoms with Gasteiger partial charge in [-0.2, -0.15) is 0 Å². The Morgan fingerprint density at radius 1 is 0.966 bits per heavy atom. The molecule has 148 valence electrons. The number of hydrogen-bond donors (Lipinski definition) is 1. The summed E-state index contributed by atoms with van der Waals surface area (Å²) in [7, 11) is 0. The molecule has 0 aliphatic rings. The number of fused-ring (bicyclic) bond motifs is 1. The first-order valence-electron chi connectivity index (χ1n) is 9.93. The maximum atomic E-state index is 13.2. The van der Waals surface area contributed by atoms with Crippen molar-refractivity contribution < 1.29 is 4.39 Å². The lowest BCUT2D eigenvalue weighted by molar-refractivity contribution is 0.628. The van der Waals surface area contributed by atoms with Crippen LogP contribution in [0.5, 0.6) is 0 Å². The van der Waals surface area contributed by atoms with Crippen molar-refractivity contribution in [1.82, 2.24) is 9.55 Å². The van der Waals surface area contributed by atoms with Crippen LogP contribution in [0.2, 0.25) is 0 Å². The Morgan fingerprint density at radius 2 is 1.72 bits per heavy atom. The molecule has 0 radical (unpaired) electrons. The van der Waals surface area contributed by atoms with Crippen LogP contribution in [0, 0.1) is 33.5 Å². The van der Waals surface area contributed by atoms with Crippen LogP contribution in [-0.4, -0.2) is 9.55 Å². The van der Waals surface area contributed by atoms with Gasteiger partial charge in [-0.3, -0.25) is 4.98 Å². The lowest BCUT2D eigenvalue weighted by Gasteiger charge is -2.14. The van der Waals surface area contributed by atoms with Gasteiger partial charge in [-0.1, -0.05) is 23.8 Å². The highest BCUT2D eigenvalue weighted by Gasteiger charge is 2.16. The molecule has 4 heteroatoms. The standard InChI is InChI=1S/C25H26FN3/c1-16-5-6-17(2)20(13-16)15-29-19(4)18(3)23-11-12-27-24(25(23)29)14-28-22-9-7-21(26)8-10-22/h5-13,28H,14-15H2,1-4H3. The van der Waals surface area contributed by atoms with Gasteiger partial charge in [-0.15, -0.1) is 0 Å². The third kappa shape index (κ3) is 3.75. The molecule has 0 fully saturated rings. The zero-order valence-electron chi connectivity index (χ0n) is 17.4. The van der Waals surface area contributed by atoms with Crippen LogP contribution in [0.4, 0.5) is 10.1 Å². The van der Waals surface area contributed by atoms with E-state index in [1.54, 1.807) is 12.1 Å². The number of aromatic nitrogens is 2. The minimum absolute atomic E-state index is 0.232. The summed E-state index contributed by atoms with van der Waals surface area (Å²) in [4.78, 5) is 4.68. The Bertz CT molecular complexity index is 1170. The number of aryl methyl sites for hydroxylation is 3. The van der Waals surface area contributed by atoms with Crippen LogP contribution in [0.1, 0.15) is 33.6 Å². The molecule has 1 N–H and O–H groups in total. The number of hydrogen-bond acceptors (Lipinski definition) is 2. The highest BCUT2D eigenvalue weighted by atomic mass is 19.1. The summed E-state index contributed by atoms with van der Waals surface area (Å²) in [6.45, 7) is 10.1. The number of nitrogens with zero attached hydrogens (tertiary/aromatic N) is 2. The first kappa shape index (κ1) is 19.2. The van der Waals surface area contributed by atoms with Gasteiger partial charge < -0.3 is 9.88 Å². The van der Waals surface area contributed by atoms with E-state index in [2.05, 4.69) is 66.8 Å². The molecule has 3 nitrogen and oxygen atoms in total. The summed E-state index contributed by atoms with van der Waals surface area (Å²) in [6.07, 6.45) is 1.87. The normalized spacial score (nSPS) is 11.2. The van der Waals surface area contributed by atoms with Crippen LogP contribution in [0.25, 0.3) is 10.9 Å². The van der Waals surface area contributed by atoms with Crippen molar-refractivity contribution in [2.45, 2.75) is 40.8 Å². The third-order valence-electron chi connectivity index (χ3n) is 5.76. The topological polar surface area (TPSA) is 29.9 Å². The van der Waals surface area contributed by atoms with Crippen molar-refractivity contribution in [3.8, 4) is 0 Å². The van der Waals surface area contributed by atoms with E-state index in [1.165, 1.54) is 45.5 Å². The number of pyridine rings is 1. The molecule has 0 aliphatic carbocycles. The summed E-state index contributed by atoms with van der Waals surface area (Å²) < 4.78 is 15.6. The van der Waals surface area contributed by atoms with E-state index in [1.807, 2.05) is 6.20 Å². The fourth-order valence-corrected chi connectivity index (χ4v) is 3.89. The number of nitrogens with one attached hydrogen (secondary N) is 1. The second-order valence-electron chi connectivity index (χ2n) is 7.74. The Balaban J connectivity index is 1.75. The van der Waals surface area contributed by atoms with E-state index < -0.39 is 0 Å². The molecule has 0 unspecified atom stereocenters. The van der Waals surface area contributed by atoms with E-state index >= 15 is 0 Å². The molecule has 0 saturated carbocycles. The molecule has 29 heavy (non-hydrogen) atoms. The van der Waals surface area contributed by atoms with Crippen molar-refractivity contribution in [3.05, 3.63) is 94.2 Å². The van der Waals surface area contributed by atoms with Crippen LogP contribution in [-0.2, 0) is 13.1 Å². The zero-order chi connectivity index (χ0) is 20.5. The molecule has 0 bridgehead atoms. The van der Waals surface area contributed by atoms with Crippen LogP contribution < -0.4 is 5.32 Å². The maximum absolute atomic E-state index is 13.2. The Hall–Kier alpha value is -3.14. The van der Waals surface area contributed by atoms with Crippen molar-refractivity contribution in [3.63, 3.8) is 0 Å². The maximum Gasteiger partial charge on any atom is 0.123 e. The van der Waals surface area contributed by atoms with E-state index in [9.17, 15) is 4.39 Å². The lowest BCUT2D eigenvalue weighted by Crippen LogP contribution is -2.08. The van der Waals surface area contributed by atoms with Gasteiger partial charge in [-0.25, -0.2) is 4.39 Å². The van der Waals surface area contributed by atoms with Crippen LogP contribution >= 0.6 is 0 Å². The minimum atomic E-state index is -0.232. The number of anilines is 1. The molecule has 2 aromatic carbocycles. The molecular weight excluding hydrogens is 361 g/mol. The zero-order valence-corrected chi connectivity index (χ0v) is 17.4.